The molecular formula is C12H13FN4. The van der Waals surface area contributed by atoms with Crippen LogP contribution in [-0.4, -0.2) is 14.8 Å². The van der Waals surface area contributed by atoms with Crippen LogP contribution in [-0.2, 0) is 13.0 Å². The zero-order chi connectivity index (χ0) is 11.8. The molecule has 1 aliphatic rings. The van der Waals surface area contributed by atoms with Gasteiger partial charge in [-0.25, -0.2) is 4.39 Å². The smallest absolute Gasteiger partial charge is 0.164 e. The molecule has 1 aliphatic heterocycles. The molecule has 88 valence electrons. The summed E-state index contributed by atoms with van der Waals surface area (Å²) in [4.78, 5) is 0. The van der Waals surface area contributed by atoms with Gasteiger partial charge in [0.25, 0.3) is 0 Å². The average Bonchev–Trinajstić information content (AvgIpc) is 2.76. The maximum atomic E-state index is 13.1. The number of hydrogen-bond acceptors (Lipinski definition) is 3. The van der Waals surface area contributed by atoms with Gasteiger partial charge >= 0.3 is 0 Å². The number of nitrogens with two attached hydrogens (primary N) is 1. The van der Waals surface area contributed by atoms with Crippen LogP contribution in [0, 0.1) is 5.82 Å². The first-order valence-electron chi connectivity index (χ1n) is 5.73. The minimum absolute atomic E-state index is 0.149. The van der Waals surface area contributed by atoms with E-state index in [0.29, 0.717) is 0 Å². The molecule has 5 heteroatoms. The van der Waals surface area contributed by atoms with Gasteiger partial charge in [0.05, 0.1) is 5.69 Å². The van der Waals surface area contributed by atoms with Crippen LogP contribution in [0.25, 0.3) is 11.4 Å². The van der Waals surface area contributed by atoms with E-state index in [2.05, 4.69) is 14.8 Å². The number of nitrogen functional groups attached to an aromatic ring is 1. The van der Waals surface area contributed by atoms with E-state index >= 15 is 0 Å². The molecule has 0 spiro atoms. The van der Waals surface area contributed by atoms with Gasteiger partial charge in [-0.1, -0.05) is 0 Å². The van der Waals surface area contributed by atoms with Crippen molar-refractivity contribution in [3.05, 3.63) is 29.8 Å². The van der Waals surface area contributed by atoms with Crippen LogP contribution in [0.1, 0.15) is 18.7 Å². The second kappa shape index (κ2) is 3.84. The predicted octanol–water partition coefficient (Wildman–Crippen LogP) is 2.00. The molecule has 0 saturated carbocycles. The highest BCUT2D eigenvalue weighted by Gasteiger charge is 2.17. The normalized spacial score (nSPS) is 14.6. The molecule has 4 nitrogen and oxygen atoms in total. The minimum Gasteiger partial charge on any atom is -0.396 e. The van der Waals surface area contributed by atoms with E-state index in [1.165, 1.54) is 6.07 Å². The fourth-order valence-electron chi connectivity index (χ4n) is 2.20. The van der Waals surface area contributed by atoms with Crippen LogP contribution in [0.15, 0.2) is 18.2 Å². The number of nitrogens with zero attached hydrogens (tertiary/aromatic N) is 3. The van der Waals surface area contributed by atoms with Crippen molar-refractivity contribution in [1.82, 2.24) is 14.8 Å². The van der Waals surface area contributed by atoms with Gasteiger partial charge in [-0.15, -0.1) is 10.2 Å². The number of benzene rings is 1. The topological polar surface area (TPSA) is 56.7 Å². The molecule has 0 unspecified atom stereocenters. The summed E-state index contributed by atoms with van der Waals surface area (Å²) in [5.74, 6) is 1.40. The summed E-state index contributed by atoms with van der Waals surface area (Å²) in [7, 11) is 0. The van der Waals surface area contributed by atoms with Gasteiger partial charge in [0.1, 0.15) is 11.6 Å². The molecule has 17 heavy (non-hydrogen) atoms. The van der Waals surface area contributed by atoms with Crippen LogP contribution in [0.3, 0.4) is 0 Å². The number of fused-ring (bicyclic) bond motifs is 1. The maximum Gasteiger partial charge on any atom is 0.164 e. The highest BCUT2D eigenvalue weighted by Crippen LogP contribution is 2.25. The molecule has 0 fully saturated rings. The molecule has 1 aromatic heterocycles. The molecule has 2 heterocycles. The Kier molecular flexibility index (Phi) is 2.31. The van der Waals surface area contributed by atoms with E-state index in [1.54, 1.807) is 12.1 Å². The Labute approximate surface area is 98.3 Å². The molecular weight excluding hydrogens is 219 g/mol. The van der Waals surface area contributed by atoms with Gasteiger partial charge in [0.15, 0.2) is 5.82 Å². The molecule has 0 amide bonds. The first kappa shape index (κ1) is 10.3. The first-order chi connectivity index (χ1) is 8.25. The predicted molar refractivity (Wildman–Crippen MR) is 62.8 cm³/mol. The summed E-state index contributed by atoms with van der Waals surface area (Å²) >= 11 is 0. The van der Waals surface area contributed by atoms with Crippen LogP contribution < -0.4 is 5.73 Å². The van der Waals surface area contributed by atoms with Crippen LogP contribution in [0.4, 0.5) is 10.1 Å². The Balaban J connectivity index is 2.09. The summed E-state index contributed by atoms with van der Waals surface area (Å²) in [6, 6.07) is 4.67. The number of halogens is 1. The lowest BCUT2D eigenvalue weighted by molar-refractivity contribution is 0.526. The monoisotopic (exact) mass is 232 g/mol. The van der Waals surface area contributed by atoms with Crippen molar-refractivity contribution in [2.45, 2.75) is 25.8 Å². The quantitative estimate of drug-likeness (QED) is 0.765. The molecule has 0 saturated heterocycles. The van der Waals surface area contributed by atoms with Gasteiger partial charge in [-0.2, -0.15) is 0 Å². The summed E-state index contributed by atoms with van der Waals surface area (Å²) < 4.78 is 15.2. The van der Waals surface area contributed by atoms with Crippen molar-refractivity contribution in [3.63, 3.8) is 0 Å². The van der Waals surface area contributed by atoms with E-state index < -0.39 is 5.82 Å². The lowest BCUT2D eigenvalue weighted by Gasteiger charge is -2.14. The third-order valence-corrected chi connectivity index (χ3v) is 3.11. The largest absolute Gasteiger partial charge is 0.396 e. The zero-order valence-electron chi connectivity index (χ0n) is 9.36. The lowest BCUT2D eigenvalue weighted by Crippen LogP contribution is -2.11. The van der Waals surface area contributed by atoms with Gasteiger partial charge in [-0.05, 0) is 31.0 Å². The highest BCUT2D eigenvalue weighted by molar-refractivity contribution is 5.61. The van der Waals surface area contributed by atoms with Crippen molar-refractivity contribution in [1.29, 1.82) is 0 Å². The van der Waals surface area contributed by atoms with Gasteiger partial charge in [0.2, 0.25) is 0 Å². The number of rotatable bonds is 1. The highest BCUT2D eigenvalue weighted by atomic mass is 19.1. The standard InChI is InChI=1S/C12H13FN4/c13-9-5-4-8(7-10(9)14)12-16-15-11-3-1-2-6-17(11)12/h4-5,7H,1-3,6,14H2. The second-order valence-corrected chi connectivity index (χ2v) is 4.28. The van der Waals surface area contributed by atoms with Crippen molar-refractivity contribution in [3.8, 4) is 11.4 Å². The third-order valence-electron chi connectivity index (χ3n) is 3.11. The Morgan fingerprint density at radius 2 is 2.12 bits per heavy atom. The van der Waals surface area contributed by atoms with E-state index in [-0.39, 0.29) is 5.69 Å². The summed E-state index contributed by atoms with van der Waals surface area (Å²) in [6.45, 7) is 0.926. The van der Waals surface area contributed by atoms with Gasteiger partial charge in [0, 0.05) is 18.5 Å². The van der Waals surface area contributed by atoms with Crippen molar-refractivity contribution in [2.24, 2.45) is 0 Å². The molecule has 0 aliphatic carbocycles. The molecule has 0 bridgehead atoms. The molecule has 2 N–H and O–H groups in total. The third kappa shape index (κ3) is 1.67. The Hall–Kier alpha value is -1.91. The van der Waals surface area contributed by atoms with Crippen LogP contribution in [0.2, 0.25) is 0 Å². The molecule has 3 rings (SSSR count). The van der Waals surface area contributed by atoms with Crippen LogP contribution >= 0.6 is 0 Å². The summed E-state index contributed by atoms with van der Waals surface area (Å²) in [5, 5.41) is 8.34. The molecule has 1 aromatic carbocycles. The van der Waals surface area contributed by atoms with E-state index in [0.717, 1.165) is 43.0 Å². The SMILES string of the molecule is Nc1cc(-c2nnc3n2CCCC3)ccc1F. The molecule has 0 radical (unpaired) electrons. The first-order valence-corrected chi connectivity index (χ1v) is 5.73. The van der Waals surface area contributed by atoms with Crippen LogP contribution in [0.5, 0.6) is 0 Å². The Bertz CT molecular complexity index is 562. The summed E-state index contributed by atoms with van der Waals surface area (Å²) in [6.07, 6.45) is 3.25. The fraction of sp³-hybridized carbons (Fsp3) is 0.333. The zero-order valence-corrected chi connectivity index (χ0v) is 9.36. The minimum atomic E-state index is -0.396. The number of hydrogen-bond donors (Lipinski definition) is 1. The number of aryl methyl sites for hydroxylation is 1. The Morgan fingerprint density at radius 1 is 1.24 bits per heavy atom. The molecule has 2 aromatic rings. The van der Waals surface area contributed by atoms with Crippen molar-refractivity contribution < 1.29 is 4.39 Å². The fourth-order valence-corrected chi connectivity index (χ4v) is 2.20. The molecule has 0 atom stereocenters. The van der Waals surface area contributed by atoms with Crippen molar-refractivity contribution in [2.75, 3.05) is 5.73 Å². The average molecular weight is 232 g/mol. The van der Waals surface area contributed by atoms with Gasteiger partial charge < -0.3 is 10.3 Å². The Morgan fingerprint density at radius 3 is 2.94 bits per heavy atom. The maximum absolute atomic E-state index is 13.1. The van der Waals surface area contributed by atoms with Crippen molar-refractivity contribution >= 4 is 5.69 Å². The number of aromatic nitrogens is 3. The number of anilines is 1. The summed E-state index contributed by atoms with van der Waals surface area (Å²) in [5.41, 5.74) is 6.54. The van der Waals surface area contributed by atoms with E-state index in [9.17, 15) is 4.39 Å². The van der Waals surface area contributed by atoms with E-state index in [1.807, 2.05) is 0 Å². The second-order valence-electron chi connectivity index (χ2n) is 4.28. The lowest BCUT2D eigenvalue weighted by atomic mass is 10.1. The van der Waals surface area contributed by atoms with Gasteiger partial charge in [-0.3, -0.25) is 0 Å². The van der Waals surface area contributed by atoms with E-state index in [4.69, 9.17) is 5.73 Å².